The first-order valence-electron chi connectivity index (χ1n) is 8.99. The zero-order chi connectivity index (χ0) is 17.9. The fourth-order valence-electron chi connectivity index (χ4n) is 4.85. The maximum Gasteiger partial charge on any atom is 0.408 e. The summed E-state index contributed by atoms with van der Waals surface area (Å²) in [5.74, 6) is -0.829. The van der Waals surface area contributed by atoms with Crippen LogP contribution >= 0.6 is 0 Å². The number of carboxylic acid groups (broad SMARTS) is 1. The fraction of sp³-hybridized carbons (Fsp3) is 0.333. The normalized spacial score (nSPS) is 27.5. The topological polar surface area (TPSA) is 75.6 Å². The minimum absolute atomic E-state index is 0.0233. The van der Waals surface area contributed by atoms with Gasteiger partial charge in [-0.3, -0.25) is 0 Å². The van der Waals surface area contributed by atoms with Crippen molar-refractivity contribution in [1.82, 2.24) is 5.32 Å². The van der Waals surface area contributed by atoms with Crippen LogP contribution in [-0.2, 0) is 9.53 Å². The summed E-state index contributed by atoms with van der Waals surface area (Å²) in [7, 11) is 0. The number of carbonyl (C=O) groups is 2. The van der Waals surface area contributed by atoms with E-state index in [1.54, 1.807) is 0 Å². The number of nitrogens with one attached hydrogen (secondary N) is 1. The highest BCUT2D eigenvalue weighted by molar-refractivity contribution is 5.90. The van der Waals surface area contributed by atoms with E-state index < -0.39 is 17.6 Å². The molecule has 2 N–H and O–H groups in total. The van der Waals surface area contributed by atoms with Crippen LogP contribution < -0.4 is 5.32 Å². The SMILES string of the molecule is O=C(NC1(C(=O)O)[C@@H]2CC[C@@H]21)OCC1c2ccccc2-c2ccccc21. The van der Waals surface area contributed by atoms with Crippen molar-refractivity contribution in [3.8, 4) is 11.1 Å². The van der Waals surface area contributed by atoms with Crippen LogP contribution in [0.5, 0.6) is 0 Å². The Morgan fingerprint density at radius 2 is 1.54 bits per heavy atom. The second-order valence-corrected chi connectivity index (χ2v) is 7.42. The highest BCUT2D eigenvalue weighted by Crippen LogP contribution is 2.64. The van der Waals surface area contributed by atoms with Crippen LogP contribution in [0, 0.1) is 11.8 Å². The zero-order valence-corrected chi connectivity index (χ0v) is 14.1. The Labute approximate surface area is 151 Å². The molecular formula is C21H19NO4. The summed E-state index contributed by atoms with van der Waals surface area (Å²) < 4.78 is 5.48. The molecule has 5 rings (SSSR count). The van der Waals surface area contributed by atoms with E-state index in [0.717, 1.165) is 24.0 Å². The Morgan fingerprint density at radius 3 is 2.04 bits per heavy atom. The first kappa shape index (κ1) is 15.4. The molecule has 3 atom stereocenters. The predicted octanol–water partition coefficient (Wildman–Crippen LogP) is 3.39. The summed E-state index contributed by atoms with van der Waals surface area (Å²) in [6.07, 6.45) is 1.09. The van der Waals surface area contributed by atoms with Gasteiger partial charge in [0.2, 0.25) is 0 Å². The van der Waals surface area contributed by atoms with Gasteiger partial charge in [-0.25, -0.2) is 9.59 Å². The number of benzene rings is 2. The molecule has 0 spiro atoms. The van der Waals surface area contributed by atoms with Crippen LogP contribution in [0.3, 0.4) is 0 Å². The highest BCUT2D eigenvalue weighted by atomic mass is 16.5. The number of hydrogen-bond donors (Lipinski definition) is 2. The minimum Gasteiger partial charge on any atom is -0.479 e. The van der Waals surface area contributed by atoms with Crippen LogP contribution in [0.2, 0.25) is 0 Å². The number of carbonyl (C=O) groups excluding carboxylic acids is 1. The molecule has 5 nitrogen and oxygen atoms in total. The third kappa shape index (κ3) is 1.97. The van der Waals surface area contributed by atoms with E-state index in [2.05, 4.69) is 29.6 Å². The predicted molar refractivity (Wildman–Crippen MR) is 94.8 cm³/mol. The number of fused-ring (bicyclic) bond motifs is 4. The summed E-state index contributed by atoms with van der Waals surface area (Å²) in [6.45, 7) is 0.199. The van der Waals surface area contributed by atoms with E-state index in [1.807, 2.05) is 24.3 Å². The number of ether oxygens (including phenoxy) is 1. The summed E-state index contributed by atoms with van der Waals surface area (Å²) in [5, 5.41) is 12.1. The number of alkyl carbamates (subject to hydrolysis) is 1. The van der Waals surface area contributed by atoms with Crippen LogP contribution in [0.1, 0.15) is 29.9 Å². The van der Waals surface area contributed by atoms with Crippen molar-refractivity contribution >= 4 is 12.1 Å². The number of aliphatic carboxylic acids is 1. The van der Waals surface area contributed by atoms with Gasteiger partial charge in [-0.15, -0.1) is 0 Å². The Hall–Kier alpha value is -2.82. The van der Waals surface area contributed by atoms with E-state index >= 15 is 0 Å². The lowest BCUT2D eigenvalue weighted by atomic mass is 9.98. The molecule has 1 unspecified atom stereocenters. The standard InChI is InChI=1S/C21H19NO4/c23-19(24)21(17-9-10-18(17)21)22-20(25)26-11-16-14-7-3-1-5-12(14)13-6-2-4-8-15(13)16/h1-8,16-18H,9-11H2,(H,22,25)(H,23,24)/t17-,18+,21?. The molecule has 2 aromatic rings. The van der Waals surface area contributed by atoms with Crippen molar-refractivity contribution in [2.24, 2.45) is 11.8 Å². The lowest BCUT2D eigenvalue weighted by molar-refractivity contribution is -0.141. The summed E-state index contributed by atoms with van der Waals surface area (Å²) >= 11 is 0. The number of amides is 1. The van der Waals surface area contributed by atoms with Crippen molar-refractivity contribution < 1.29 is 19.4 Å². The molecule has 0 aliphatic heterocycles. The van der Waals surface area contributed by atoms with Gasteiger partial charge in [0.05, 0.1) is 0 Å². The molecule has 2 aromatic carbocycles. The Morgan fingerprint density at radius 1 is 1.00 bits per heavy atom. The second-order valence-electron chi connectivity index (χ2n) is 7.42. The second kappa shape index (κ2) is 5.34. The molecule has 5 heteroatoms. The fourth-order valence-corrected chi connectivity index (χ4v) is 4.85. The minimum atomic E-state index is -1.09. The van der Waals surface area contributed by atoms with Crippen molar-refractivity contribution in [2.75, 3.05) is 6.61 Å². The third-order valence-corrected chi connectivity index (χ3v) is 6.34. The van der Waals surface area contributed by atoms with E-state index in [9.17, 15) is 14.7 Å². The van der Waals surface area contributed by atoms with Crippen LogP contribution in [-0.4, -0.2) is 29.3 Å². The van der Waals surface area contributed by atoms with Gasteiger partial charge in [-0.05, 0) is 46.9 Å². The molecule has 0 radical (unpaired) electrons. The molecule has 1 amide bonds. The maximum absolute atomic E-state index is 12.3. The van der Waals surface area contributed by atoms with Gasteiger partial charge < -0.3 is 15.2 Å². The molecule has 0 saturated heterocycles. The Bertz CT molecular complexity index is 866. The van der Waals surface area contributed by atoms with E-state index in [0.29, 0.717) is 0 Å². The van der Waals surface area contributed by atoms with E-state index in [4.69, 9.17) is 4.74 Å². The maximum atomic E-state index is 12.3. The Kier molecular flexibility index (Phi) is 3.17. The lowest BCUT2D eigenvalue weighted by Gasteiger charge is -2.17. The van der Waals surface area contributed by atoms with Gasteiger partial charge in [-0.1, -0.05) is 48.5 Å². The van der Waals surface area contributed by atoms with E-state index in [-0.39, 0.29) is 24.4 Å². The molecule has 0 aromatic heterocycles. The van der Waals surface area contributed by atoms with Crippen molar-refractivity contribution in [2.45, 2.75) is 24.3 Å². The first-order valence-corrected chi connectivity index (χ1v) is 8.99. The summed E-state index contributed by atoms with van der Waals surface area (Å²) in [6, 6.07) is 16.3. The zero-order valence-electron chi connectivity index (χ0n) is 14.1. The molecule has 2 saturated carbocycles. The van der Waals surface area contributed by atoms with Crippen LogP contribution in [0.4, 0.5) is 4.79 Å². The van der Waals surface area contributed by atoms with Gasteiger partial charge >= 0.3 is 12.1 Å². The quantitative estimate of drug-likeness (QED) is 0.887. The highest BCUT2D eigenvalue weighted by Gasteiger charge is 2.75. The summed E-state index contributed by atoms with van der Waals surface area (Å²) in [4.78, 5) is 23.9. The van der Waals surface area contributed by atoms with Crippen LogP contribution in [0.25, 0.3) is 11.1 Å². The molecule has 132 valence electrons. The molecule has 2 fully saturated rings. The lowest BCUT2D eigenvalue weighted by Crippen LogP contribution is -2.45. The largest absolute Gasteiger partial charge is 0.479 e. The number of rotatable bonds is 4. The average molecular weight is 349 g/mol. The average Bonchev–Trinajstić information content (AvgIpc) is 2.93. The number of hydrogen-bond acceptors (Lipinski definition) is 3. The van der Waals surface area contributed by atoms with Gasteiger partial charge in [0.25, 0.3) is 0 Å². The monoisotopic (exact) mass is 349 g/mol. The van der Waals surface area contributed by atoms with Gasteiger partial charge in [0, 0.05) is 5.92 Å². The van der Waals surface area contributed by atoms with Crippen molar-refractivity contribution in [3.05, 3.63) is 59.7 Å². The van der Waals surface area contributed by atoms with Gasteiger partial charge in [-0.2, -0.15) is 0 Å². The molecule has 0 bridgehead atoms. The van der Waals surface area contributed by atoms with Gasteiger partial charge in [0.15, 0.2) is 0 Å². The molecule has 3 aliphatic rings. The smallest absolute Gasteiger partial charge is 0.408 e. The van der Waals surface area contributed by atoms with Crippen molar-refractivity contribution in [1.29, 1.82) is 0 Å². The van der Waals surface area contributed by atoms with Gasteiger partial charge in [0.1, 0.15) is 12.1 Å². The molecule has 0 heterocycles. The molecule has 26 heavy (non-hydrogen) atoms. The molecule has 3 aliphatic carbocycles. The van der Waals surface area contributed by atoms with Crippen LogP contribution in [0.15, 0.2) is 48.5 Å². The molecular weight excluding hydrogens is 330 g/mol. The summed E-state index contributed by atoms with van der Waals surface area (Å²) in [5.41, 5.74) is 3.52. The first-order chi connectivity index (χ1) is 12.6. The Balaban J connectivity index is 1.33. The third-order valence-electron chi connectivity index (χ3n) is 6.34. The number of carboxylic acids is 1. The van der Waals surface area contributed by atoms with Crippen molar-refractivity contribution in [3.63, 3.8) is 0 Å². The van der Waals surface area contributed by atoms with E-state index in [1.165, 1.54) is 11.1 Å².